The van der Waals surface area contributed by atoms with Crippen LogP contribution in [0.2, 0.25) is 0 Å². The predicted octanol–water partition coefficient (Wildman–Crippen LogP) is 4.18. The highest BCUT2D eigenvalue weighted by Gasteiger charge is 2.31. The van der Waals surface area contributed by atoms with Crippen molar-refractivity contribution in [3.8, 4) is 0 Å². The minimum atomic E-state index is -0.591. The van der Waals surface area contributed by atoms with Gasteiger partial charge in [-0.05, 0) is 58.3 Å². The summed E-state index contributed by atoms with van der Waals surface area (Å²) in [4.78, 5) is 19.5. The topological polar surface area (TPSA) is 62.7 Å². The van der Waals surface area contributed by atoms with Crippen LogP contribution in [0.5, 0.6) is 0 Å². The Morgan fingerprint density at radius 1 is 1.38 bits per heavy atom. The lowest BCUT2D eigenvalue weighted by atomic mass is 9.95. The number of fused-ring (bicyclic) bond motifs is 1. The van der Waals surface area contributed by atoms with Gasteiger partial charge in [0.25, 0.3) is 0 Å². The average molecular weight is 479 g/mol. The molecule has 2 N–H and O–H groups in total. The molecule has 3 aromatic rings. The highest BCUT2D eigenvalue weighted by molar-refractivity contribution is 9.10. The molecule has 0 radical (unpaired) electrons. The van der Waals surface area contributed by atoms with Crippen molar-refractivity contribution in [2.75, 3.05) is 0 Å². The van der Waals surface area contributed by atoms with Gasteiger partial charge in [-0.1, -0.05) is 6.07 Å². The van der Waals surface area contributed by atoms with E-state index in [9.17, 15) is 13.6 Å². The zero-order valence-electron chi connectivity index (χ0n) is 15.2. The van der Waals surface area contributed by atoms with Gasteiger partial charge in [0.2, 0.25) is 5.91 Å². The third-order valence-corrected chi connectivity index (χ3v) is 5.99. The number of halogens is 3. The number of nitrogens with zero attached hydrogens (tertiary/aromatic N) is 2. The summed E-state index contributed by atoms with van der Waals surface area (Å²) in [5.41, 5.74) is 2.44. The van der Waals surface area contributed by atoms with Gasteiger partial charge in [-0.3, -0.25) is 9.78 Å². The number of hydrogen-bond donors (Lipinski definition) is 2. The molecule has 29 heavy (non-hydrogen) atoms. The average Bonchev–Trinajstić information content (AvgIpc) is 3.25. The van der Waals surface area contributed by atoms with E-state index in [1.165, 1.54) is 12.1 Å². The van der Waals surface area contributed by atoms with E-state index in [0.717, 1.165) is 11.3 Å². The van der Waals surface area contributed by atoms with Crippen molar-refractivity contribution in [1.29, 1.82) is 0 Å². The van der Waals surface area contributed by atoms with Crippen LogP contribution in [-0.2, 0) is 30.7 Å². The molecule has 0 unspecified atom stereocenters. The number of carbonyl (C=O) groups excluding carboxylic acids is 1. The van der Waals surface area contributed by atoms with Crippen LogP contribution in [0.25, 0.3) is 0 Å². The van der Waals surface area contributed by atoms with Gasteiger partial charge in [-0.15, -0.1) is 0 Å². The minimum Gasteiger partial charge on any atom is -0.352 e. The summed E-state index contributed by atoms with van der Waals surface area (Å²) in [5.74, 6) is -1.72. The summed E-state index contributed by atoms with van der Waals surface area (Å²) >= 11 is 8.48. The molecule has 1 aliphatic rings. The highest BCUT2D eigenvalue weighted by atomic mass is 79.9. The van der Waals surface area contributed by atoms with Crippen LogP contribution >= 0.6 is 28.1 Å². The van der Waals surface area contributed by atoms with Crippen LogP contribution in [0.4, 0.5) is 8.78 Å². The third kappa shape index (κ3) is 4.02. The SMILES string of the molecule is O=C(Cc1[nH]c(=S)n2c1C[C@@H](c1c(F)ccc(Br)c1F)C2)NCc1cccnc1. The summed E-state index contributed by atoms with van der Waals surface area (Å²) < 4.78 is 31.3. The van der Waals surface area contributed by atoms with Crippen molar-refractivity contribution in [1.82, 2.24) is 19.9 Å². The lowest BCUT2D eigenvalue weighted by Crippen LogP contribution is -2.25. The highest BCUT2D eigenvalue weighted by Crippen LogP contribution is 2.36. The number of carbonyl (C=O) groups is 1. The molecular weight excluding hydrogens is 462 g/mol. The Balaban J connectivity index is 1.50. The summed E-state index contributed by atoms with van der Waals surface area (Å²) in [6.45, 7) is 0.743. The van der Waals surface area contributed by atoms with Crippen LogP contribution in [0.1, 0.15) is 28.4 Å². The van der Waals surface area contributed by atoms with Crippen LogP contribution < -0.4 is 5.32 Å². The van der Waals surface area contributed by atoms with Gasteiger partial charge in [-0.25, -0.2) is 8.78 Å². The summed E-state index contributed by atoms with van der Waals surface area (Å²) in [5, 5.41) is 2.85. The molecule has 0 spiro atoms. The van der Waals surface area contributed by atoms with E-state index < -0.39 is 11.6 Å². The fourth-order valence-electron chi connectivity index (χ4n) is 3.68. The van der Waals surface area contributed by atoms with E-state index in [-0.39, 0.29) is 28.3 Å². The van der Waals surface area contributed by atoms with Gasteiger partial charge in [-0.2, -0.15) is 0 Å². The van der Waals surface area contributed by atoms with Crippen LogP contribution in [0.15, 0.2) is 41.1 Å². The number of aromatic amines is 1. The number of benzene rings is 1. The number of amides is 1. The first kappa shape index (κ1) is 19.9. The third-order valence-electron chi connectivity index (χ3n) is 5.06. The van der Waals surface area contributed by atoms with Crippen LogP contribution in [0.3, 0.4) is 0 Å². The second-order valence-corrected chi connectivity index (χ2v) is 8.18. The summed E-state index contributed by atoms with van der Waals surface area (Å²) in [6, 6.07) is 6.29. The van der Waals surface area contributed by atoms with E-state index in [2.05, 4.69) is 31.2 Å². The smallest absolute Gasteiger partial charge is 0.226 e. The molecule has 1 atom stereocenters. The zero-order valence-corrected chi connectivity index (χ0v) is 17.6. The van der Waals surface area contributed by atoms with E-state index in [1.807, 2.05) is 10.6 Å². The van der Waals surface area contributed by atoms with E-state index in [0.29, 0.717) is 30.0 Å². The Kier molecular flexibility index (Phi) is 5.60. The largest absolute Gasteiger partial charge is 0.352 e. The van der Waals surface area contributed by atoms with Crippen molar-refractivity contribution >= 4 is 34.1 Å². The number of aromatic nitrogens is 3. The maximum Gasteiger partial charge on any atom is 0.226 e. The quantitative estimate of drug-likeness (QED) is 0.427. The van der Waals surface area contributed by atoms with Gasteiger partial charge >= 0.3 is 0 Å². The second kappa shape index (κ2) is 8.16. The van der Waals surface area contributed by atoms with Crippen molar-refractivity contribution in [3.63, 3.8) is 0 Å². The van der Waals surface area contributed by atoms with Crippen molar-refractivity contribution in [3.05, 3.63) is 80.1 Å². The Morgan fingerprint density at radius 3 is 2.97 bits per heavy atom. The molecule has 9 heteroatoms. The fourth-order valence-corrected chi connectivity index (χ4v) is 4.34. The predicted molar refractivity (Wildman–Crippen MR) is 110 cm³/mol. The summed E-state index contributed by atoms with van der Waals surface area (Å²) in [7, 11) is 0. The number of H-pyrrole nitrogens is 1. The Labute approximate surface area is 179 Å². The van der Waals surface area contributed by atoms with Crippen molar-refractivity contribution < 1.29 is 13.6 Å². The summed E-state index contributed by atoms with van der Waals surface area (Å²) in [6.07, 6.45) is 3.88. The maximum absolute atomic E-state index is 14.5. The first-order chi connectivity index (χ1) is 13.9. The molecule has 4 rings (SSSR count). The number of pyridine rings is 1. The second-order valence-electron chi connectivity index (χ2n) is 6.94. The first-order valence-electron chi connectivity index (χ1n) is 9.03. The minimum absolute atomic E-state index is 0.0458. The monoisotopic (exact) mass is 478 g/mol. The molecule has 1 aliphatic heterocycles. The molecule has 150 valence electrons. The first-order valence-corrected chi connectivity index (χ1v) is 10.2. The number of rotatable bonds is 5. The van der Waals surface area contributed by atoms with Crippen molar-refractivity contribution in [2.24, 2.45) is 0 Å². The molecule has 0 aliphatic carbocycles. The lowest BCUT2D eigenvalue weighted by Gasteiger charge is -2.13. The Bertz CT molecular complexity index is 1130. The molecule has 2 aromatic heterocycles. The molecular formula is C20H17BrF2N4OS. The molecule has 1 aromatic carbocycles. The molecule has 0 saturated carbocycles. The van der Waals surface area contributed by atoms with Gasteiger partial charge in [0.15, 0.2) is 4.77 Å². The molecule has 0 bridgehead atoms. The zero-order chi connectivity index (χ0) is 20.5. The van der Waals surface area contributed by atoms with E-state index >= 15 is 0 Å². The van der Waals surface area contributed by atoms with E-state index in [1.54, 1.807) is 18.5 Å². The fraction of sp³-hybridized carbons (Fsp3) is 0.250. The van der Waals surface area contributed by atoms with Crippen LogP contribution in [0, 0.1) is 16.4 Å². The van der Waals surface area contributed by atoms with Gasteiger partial charge < -0.3 is 14.9 Å². The lowest BCUT2D eigenvalue weighted by molar-refractivity contribution is -0.120. The molecule has 1 amide bonds. The number of hydrogen-bond acceptors (Lipinski definition) is 3. The molecule has 0 saturated heterocycles. The van der Waals surface area contributed by atoms with Gasteiger partial charge in [0, 0.05) is 48.4 Å². The van der Waals surface area contributed by atoms with Gasteiger partial charge in [0.1, 0.15) is 11.6 Å². The normalized spacial score (nSPS) is 15.3. The number of imidazole rings is 1. The van der Waals surface area contributed by atoms with E-state index in [4.69, 9.17) is 12.2 Å². The Hall–Kier alpha value is -2.39. The molecule has 3 heterocycles. The standard InChI is InChI=1S/C20H17BrF2N4OS/c21-13-3-4-14(22)18(19(13)23)12-6-16-15(26-20(29)27(16)10-12)7-17(28)25-9-11-2-1-5-24-8-11/h1-5,8,12H,6-7,9-10H2,(H,25,28)(H,26,29)/t12-/m1/s1. The molecule has 0 fully saturated rings. The van der Waals surface area contributed by atoms with Gasteiger partial charge in [0.05, 0.1) is 10.9 Å². The Morgan fingerprint density at radius 2 is 2.21 bits per heavy atom. The van der Waals surface area contributed by atoms with Crippen LogP contribution in [-0.4, -0.2) is 20.4 Å². The molecule has 5 nitrogen and oxygen atoms in total. The van der Waals surface area contributed by atoms with Crippen molar-refractivity contribution in [2.45, 2.75) is 31.8 Å². The number of nitrogens with one attached hydrogen (secondary N) is 2. The maximum atomic E-state index is 14.5.